The minimum atomic E-state index is -0.194. The number of H-pyrrole nitrogens is 1. The smallest absolute Gasteiger partial charge is 0.259 e. The monoisotopic (exact) mass is 353 g/mol. The van der Waals surface area contributed by atoms with Crippen LogP contribution in [0.2, 0.25) is 0 Å². The molecule has 0 bridgehead atoms. The van der Waals surface area contributed by atoms with Gasteiger partial charge in [0.15, 0.2) is 5.16 Å². The predicted octanol–water partition coefficient (Wildman–Crippen LogP) is 3.52. The number of fused-ring (bicyclic) bond motifs is 1. The first-order valence-electron chi connectivity index (χ1n) is 8.08. The molecule has 0 saturated heterocycles. The van der Waals surface area contributed by atoms with E-state index in [1.165, 1.54) is 11.8 Å². The van der Waals surface area contributed by atoms with Crippen molar-refractivity contribution in [3.05, 3.63) is 63.9 Å². The molecular formula is C19H19N3O2S. The van der Waals surface area contributed by atoms with Crippen molar-refractivity contribution in [2.45, 2.75) is 25.4 Å². The van der Waals surface area contributed by atoms with Crippen LogP contribution in [-0.2, 0) is 11.2 Å². The molecule has 0 saturated carbocycles. The van der Waals surface area contributed by atoms with Crippen LogP contribution in [0, 0.1) is 6.92 Å². The summed E-state index contributed by atoms with van der Waals surface area (Å²) in [6.07, 6.45) is 0.851. The van der Waals surface area contributed by atoms with E-state index in [1.54, 1.807) is 18.2 Å². The average Bonchev–Trinajstić information content (AvgIpc) is 2.62. The Morgan fingerprint density at radius 3 is 2.80 bits per heavy atom. The number of carbonyl (C=O) groups excluding carboxylic acids is 1. The van der Waals surface area contributed by atoms with Crippen molar-refractivity contribution in [2.75, 3.05) is 11.1 Å². The Kier molecular flexibility index (Phi) is 5.19. The average molecular weight is 353 g/mol. The summed E-state index contributed by atoms with van der Waals surface area (Å²) < 4.78 is 0. The van der Waals surface area contributed by atoms with E-state index in [9.17, 15) is 9.59 Å². The highest BCUT2D eigenvalue weighted by atomic mass is 32.2. The molecule has 1 heterocycles. The van der Waals surface area contributed by atoms with Crippen LogP contribution in [0.25, 0.3) is 10.9 Å². The molecule has 1 amide bonds. The van der Waals surface area contributed by atoms with E-state index >= 15 is 0 Å². The van der Waals surface area contributed by atoms with E-state index in [0.717, 1.165) is 23.2 Å². The van der Waals surface area contributed by atoms with Crippen molar-refractivity contribution in [3.63, 3.8) is 0 Å². The Labute approximate surface area is 149 Å². The van der Waals surface area contributed by atoms with Crippen LogP contribution in [0.4, 0.5) is 5.69 Å². The van der Waals surface area contributed by atoms with Gasteiger partial charge >= 0.3 is 0 Å². The number of benzene rings is 2. The second-order valence-corrected chi connectivity index (χ2v) is 6.65. The number of nitrogens with zero attached hydrogens (tertiary/aromatic N) is 1. The Morgan fingerprint density at radius 2 is 2.00 bits per heavy atom. The topological polar surface area (TPSA) is 74.8 Å². The predicted molar refractivity (Wildman–Crippen MR) is 102 cm³/mol. The molecule has 25 heavy (non-hydrogen) atoms. The first-order chi connectivity index (χ1) is 12.1. The lowest BCUT2D eigenvalue weighted by Crippen LogP contribution is -2.17. The number of aromatic amines is 1. The summed E-state index contributed by atoms with van der Waals surface area (Å²) in [6, 6.07) is 13.1. The van der Waals surface area contributed by atoms with E-state index in [0.29, 0.717) is 16.1 Å². The fourth-order valence-electron chi connectivity index (χ4n) is 2.64. The highest BCUT2D eigenvalue weighted by Gasteiger charge is 2.10. The molecule has 0 unspecified atom stereocenters. The van der Waals surface area contributed by atoms with Crippen molar-refractivity contribution in [1.82, 2.24) is 9.97 Å². The number of hydrogen-bond donors (Lipinski definition) is 2. The molecule has 2 N–H and O–H groups in total. The summed E-state index contributed by atoms with van der Waals surface area (Å²) >= 11 is 1.22. The summed E-state index contributed by atoms with van der Waals surface area (Å²) in [4.78, 5) is 31.5. The summed E-state index contributed by atoms with van der Waals surface area (Å²) in [6.45, 7) is 4.03. The number of nitrogens with one attached hydrogen (secondary N) is 2. The molecule has 2 aromatic carbocycles. The molecule has 128 valence electrons. The number of anilines is 1. The third kappa shape index (κ3) is 3.91. The summed E-state index contributed by atoms with van der Waals surface area (Å²) in [5.41, 5.74) is 3.45. The molecule has 3 aromatic rings. The number of rotatable bonds is 5. The second-order valence-electron chi connectivity index (χ2n) is 5.69. The molecule has 3 rings (SSSR count). The molecule has 0 atom stereocenters. The van der Waals surface area contributed by atoms with Crippen molar-refractivity contribution in [3.8, 4) is 0 Å². The Hall–Kier alpha value is -2.60. The number of aryl methyl sites for hydroxylation is 2. The van der Waals surface area contributed by atoms with Gasteiger partial charge in [0.1, 0.15) is 0 Å². The van der Waals surface area contributed by atoms with Crippen LogP contribution in [0.15, 0.2) is 52.4 Å². The molecule has 1 aromatic heterocycles. The standard InChI is InChI=1S/C19H19N3O2S/c1-3-13-8-6-7-12(2)17(13)21-16(23)11-25-19-20-15-10-5-4-9-14(15)18(24)22-19/h4-10H,3,11H2,1-2H3,(H,21,23)(H,20,22,24). The van der Waals surface area contributed by atoms with Gasteiger partial charge in [-0.1, -0.05) is 49.0 Å². The third-order valence-electron chi connectivity index (χ3n) is 3.94. The lowest BCUT2D eigenvalue weighted by molar-refractivity contribution is -0.113. The van der Waals surface area contributed by atoms with Gasteiger partial charge in [-0.25, -0.2) is 4.98 Å². The molecule has 5 nitrogen and oxygen atoms in total. The van der Waals surface area contributed by atoms with Crippen LogP contribution >= 0.6 is 11.8 Å². The fraction of sp³-hybridized carbons (Fsp3) is 0.211. The molecule has 0 aliphatic rings. The first-order valence-corrected chi connectivity index (χ1v) is 9.07. The van der Waals surface area contributed by atoms with Crippen molar-refractivity contribution in [2.24, 2.45) is 0 Å². The van der Waals surface area contributed by atoms with Crippen LogP contribution in [-0.4, -0.2) is 21.6 Å². The van der Waals surface area contributed by atoms with Crippen molar-refractivity contribution in [1.29, 1.82) is 0 Å². The number of aromatic nitrogens is 2. The quantitative estimate of drug-likeness (QED) is 0.544. The summed E-state index contributed by atoms with van der Waals surface area (Å²) in [5, 5.41) is 3.96. The maximum absolute atomic E-state index is 12.3. The van der Waals surface area contributed by atoms with Gasteiger partial charge in [-0.05, 0) is 36.6 Å². The number of carbonyl (C=O) groups is 1. The highest BCUT2D eigenvalue weighted by Crippen LogP contribution is 2.22. The number of amides is 1. The van der Waals surface area contributed by atoms with Gasteiger partial charge in [-0.2, -0.15) is 0 Å². The Morgan fingerprint density at radius 1 is 1.20 bits per heavy atom. The van der Waals surface area contributed by atoms with Gasteiger partial charge < -0.3 is 10.3 Å². The SMILES string of the molecule is CCc1cccc(C)c1NC(=O)CSc1nc2ccccc2c(=O)[nH]1. The Bertz CT molecular complexity index is 982. The van der Waals surface area contributed by atoms with Gasteiger partial charge in [0.25, 0.3) is 5.56 Å². The zero-order valence-electron chi connectivity index (χ0n) is 14.1. The van der Waals surface area contributed by atoms with Crippen LogP contribution in [0.1, 0.15) is 18.1 Å². The first kappa shape index (κ1) is 17.2. The van der Waals surface area contributed by atoms with Gasteiger partial charge in [0.2, 0.25) is 5.91 Å². The molecule has 0 aliphatic carbocycles. The lowest BCUT2D eigenvalue weighted by Gasteiger charge is -2.12. The number of para-hydroxylation sites is 2. The van der Waals surface area contributed by atoms with E-state index in [4.69, 9.17) is 0 Å². The maximum Gasteiger partial charge on any atom is 0.259 e. The van der Waals surface area contributed by atoms with Gasteiger partial charge in [0.05, 0.1) is 16.7 Å². The molecular weight excluding hydrogens is 334 g/mol. The molecule has 0 spiro atoms. The van der Waals surface area contributed by atoms with Crippen LogP contribution in [0.5, 0.6) is 0 Å². The molecule has 0 fully saturated rings. The van der Waals surface area contributed by atoms with Crippen LogP contribution in [0.3, 0.4) is 0 Å². The van der Waals surface area contributed by atoms with E-state index in [-0.39, 0.29) is 17.2 Å². The summed E-state index contributed by atoms with van der Waals surface area (Å²) in [7, 11) is 0. The van der Waals surface area contributed by atoms with Gasteiger partial charge in [0, 0.05) is 5.69 Å². The van der Waals surface area contributed by atoms with Crippen molar-refractivity contribution >= 4 is 34.3 Å². The minimum Gasteiger partial charge on any atom is -0.325 e. The number of hydrogen-bond acceptors (Lipinski definition) is 4. The zero-order chi connectivity index (χ0) is 17.8. The Balaban J connectivity index is 1.72. The number of thioether (sulfide) groups is 1. The van der Waals surface area contributed by atoms with Crippen molar-refractivity contribution < 1.29 is 4.79 Å². The van der Waals surface area contributed by atoms with E-state index in [1.807, 2.05) is 31.2 Å². The molecule has 6 heteroatoms. The molecule has 0 radical (unpaired) electrons. The van der Waals surface area contributed by atoms with Crippen LogP contribution < -0.4 is 10.9 Å². The maximum atomic E-state index is 12.3. The fourth-order valence-corrected chi connectivity index (χ4v) is 3.31. The molecule has 0 aliphatic heterocycles. The summed E-state index contributed by atoms with van der Waals surface area (Å²) in [5.74, 6) is 0.0588. The second kappa shape index (κ2) is 7.53. The largest absolute Gasteiger partial charge is 0.325 e. The van der Waals surface area contributed by atoms with Gasteiger partial charge in [-0.3, -0.25) is 9.59 Å². The minimum absolute atomic E-state index is 0.121. The van der Waals surface area contributed by atoms with E-state index in [2.05, 4.69) is 22.2 Å². The van der Waals surface area contributed by atoms with E-state index < -0.39 is 0 Å². The van der Waals surface area contributed by atoms with Gasteiger partial charge in [-0.15, -0.1) is 0 Å². The third-order valence-corrected chi connectivity index (χ3v) is 4.81. The highest BCUT2D eigenvalue weighted by molar-refractivity contribution is 7.99. The normalized spacial score (nSPS) is 10.8. The zero-order valence-corrected chi connectivity index (χ0v) is 14.9. The lowest BCUT2D eigenvalue weighted by atomic mass is 10.1.